The lowest BCUT2D eigenvalue weighted by molar-refractivity contribution is -0.385. The smallest absolute Gasteiger partial charge is 0.307 e. The van der Waals surface area contributed by atoms with Crippen molar-refractivity contribution in [1.82, 2.24) is 24.9 Å². The number of hydrogen-bond acceptors (Lipinski definition) is 6. The summed E-state index contributed by atoms with van der Waals surface area (Å²) in [6.07, 6.45) is 6.76. The number of halogens is 1. The van der Waals surface area contributed by atoms with Crippen molar-refractivity contribution < 1.29 is 14.1 Å². The lowest BCUT2D eigenvalue weighted by atomic mass is 10.3. The zero-order chi connectivity index (χ0) is 18.5. The van der Waals surface area contributed by atoms with E-state index in [4.69, 9.17) is 4.42 Å². The highest BCUT2D eigenvalue weighted by molar-refractivity contribution is 9.10. The van der Waals surface area contributed by atoms with Crippen LogP contribution in [0.3, 0.4) is 0 Å². The first-order valence-electron chi connectivity index (χ1n) is 7.73. The Kier molecular flexibility index (Phi) is 5.46. The van der Waals surface area contributed by atoms with Crippen molar-refractivity contribution in [3.05, 3.63) is 63.0 Å². The normalized spacial score (nSPS) is 10.8. The van der Waals surface area contributed by atoms with E-state index in [2.05, 4.69) is 31.4 Å². The third-order valence-corrected chi connectivity index (χ3v) is 3.89. The number of furan rings is 1. The van der Waals surface area contributed by atoms with Crippen molar-refractivity contribution >= 4 is 27.5 Å². The first kappa shape index (κ1) is 17.9. The van der Waals surface area contributed by atoms with Crippen LogP contribution in [0.25, 0.3) is 0 Å². The number of carbonyl (C=O) groups is 1. The maximum absolute atomic E-state index is 12.1. The molecule has 0 radical (unpaired) electrons. The molecule has 0 bridgehead atoms. The van der Waals surface area contributed by atoms with Gasteiger partial charge in [0.2, 0.25) is 0 Å². The predicted octanol–water partition coefficient (Wildman–Crippen LogP) is 2.21. The number of rotatable bonds is 8. The molecular weight excluding hydrogens is 408 g/mol. The molecule has 3 aromatic rings. The number of aryl methyl sites for hydroxylation is 1. The largest absolute Gasteiger partial charge is 0.454 e. The van der Waals surface area contributed by atoms with Gasteiger partial charge in [-0.15, -0.1) is 0 Å². The first-order valence-corrected chi connectivity index (χ1v) is 8.52. The molecule has 1 N–H and O–H groups in total. The molecule has 0 aliphatic heterocycles. The van der Waals surface area contributed by atoms with E-state index in [1.807, 2.05) is 6.20 Å². The quantitative estimate of drug-likeness (QED) is 0.337. The molecule has 0 spiro atoms. The number of nitrogens with one attached hydrogen (secondary N) is 1. The minimum Gasteiger partial charge on any atom is -0.454 e. The van der Waals surface area contributed by atoms with Gasteiger partial charge in [-0.05, 0) is 34.5 Å². The van der Waals surface area contributed by atoms with Gasteiger partial charge in [0.05, 0.1) is 22.1 Å². The third kappa shape index (κ3) is 4.57. The SMILES string of the molecule is O=C(NCCCn1cc(Br)cn1)c1ccc(Cn2cc([N+](=O)[O-])cn2)o1. The number of carbonyl (C=O) groups excluding carboxylic acids is 1. The van der Waals surface area contributed by atoms with Crippen LogP contribution in [0.15, 0.2) is 45.8 Å². The van der Waals surface area contributed by atoms with Crippen LogP contribution in [0.5, 0.6) is 0 Å². The van der Waals surface area contributed by atoms with Gasteiger partial charge < -0.3 is 9.73 Å². The Hall–Kier alpha value is -2.95. The third-order valence-electron chi connectivity index (χ3n) is 3.48. The molecule has 0 fully saturated rings. The Morgan fingerprint density at radius 2 is 2.08 bits per heavy atom. The highest BCUT2D eigenvalue weighted by atomic mass is 79.9. The fraction of sp³-hybridized carbons (Fsp3) is 0.267. The van der Waals surface area contributed by atoms with E-state index < -0.39 is 4.92 Å². The van der Waals surface area contributed by atoms with Crippen molar-refractivity contribution in [2.24, 2.45) is 0 Å². The molecular formula is C15H15BrN6O4. The lowest BCUT2D eigenvalue weighted by Crippen LogP contribution is -2.24. The van der Waals surface area contributed by atoms with Crippen LogP contribution < -0.4 is 5.32 Å². The minimum atomic E-state index is -0.521. The van der Waals surface area contributed by atoms with Crippen LogP contribution in [0.2, 0.25) is 0 Å². The van der Waals surface area contributed by atoms with Gasteiger partial charge in [0.15, 0.2) is 5.76 Å². The monoisotopic (exact) mass is 422 g/mol. The molecule has 1 amide bonds. The van der Waals surface area contributed by atoms with E-state index in [9.17, 15) is 14.9 Å². The van der Waals surface area contributed by atoms with Gasteiger partial charge in [0.1, 0.15) is 18.2 Å². The Bertz CT molecular complexity index is 915. The predicted molar refractivity (Wildman–Crippen MR) is 93.6 cm³/mol. The van der Waals surface area contributed by atoms with Crippen LogP contribution in [-0.4, -0.2) is 36.9 Å². The van der Waals surface area contributed by atoms with Crippen molar-refractivity contribution in [3.8, 4) is 0 Å². The lowest BCUT2D eigenvalue weighted by Gasteiger charge is -2.03. The zero-order valence-electron chi connectivity index (χ0n) is 13.5. The molecule has 0 atom stereocenters. The summed E-state index contributed by atoms with van der Waals surface area (Å²) >= 11 is 3.32. The van der Waals surface area contributed by atoms with Crippen LogP contribution in [0.4, 0.5) is 5.69 Å². The number of aromatic nitrogens is 4. The van der Waals surface area contributed by atoms with E-state index in [0.717, 1.165) is 17.1 Å². The molecule has 11 heteroatoms. The van der Waals surface area contributed by atoms with Crippen molar-refractivity contribution in [2.75, 3.05) is 6.54 Å². The summed E-state index contributed by atoms with van der Waals surface area (Å²) < 4.78 is 9.54. The van der Waals surface area contributed by atoms with Gasteiger partial charge in [0.25, 0.3) is 5.91 Å². The van der Waals surface area contributed by atoms with Gasteiger partial charge in [-0.3, -0.25) is 24.3 Å². The second-order valence-electron chi connectivity index (χ2n) is 5.45. The maximum Gasteiger partial charge on any atom is 0.307 e. The minimum absolute atomic E-state index is 0.0984. The van der Waals surface area contributed by atoms with Crippen LogP contribution in [-0.2, 0) is 13.1 Å². The number of nitrogens with zero attached hydrogens (tertiary/aromatic N) is 5. The van der Waals surface area contributed by atoms with Gasteiger partial charge >= 0.3 is 5.69 Å². The second-order valence-corrected chi connectivity index (χ2v) is 6.37. The average molecular weight is 423 g/mol. The van der Waals surface area contributed by atoms with Gasteiger partial charge in [-0.25, -0.2) is 0 Å². The fourth-order valence-electron chi connectivity index (χ4n) is 2.27. The van der Waals surface area contributed by atoms with Crippen LogP contribution >= 0.6 is 15.9 Å². The average Bonchev–Trinajstić information content (AvgIpc) is 3.33. The molecule has 0 aliphatic rings. The summed E-state index contributed by atoms with van der Waals surface area (Å²) in [4.78, 5) is 22.2. The molecule has 0 unspecified atom stereocenters. The molecule has 0 saturated heterocycles. The first-order chi connectivity index (χ1) is 12.5. The topological polar surface area (TPSA) is 121 Å². The van der Waals surface area contributed by atoms with Crippen LogP contribution in [0, 0.1) is 10.1 Å². The molecule has 3 heterocycles. The summed E-state index contributed by atoms with van der Waals surface area (Å²) in [7, 11) is 0. The van der Waals surface area contributed by atoms with Gasteiger partial charge in [0, 0.05) is 19.3 Å². The zero-order valence-corrected chi connectivity index (χ0v) is 15.1. The molecule has 10 nitrogen and oxygen atoms in total. The van der Waals surface area contributed by atoms with Crippen molar-refractivity contribution in [1.29, 1.82) is 0 Å². The maximum atomic E-state index is 12.1. The summed E-state index contributed by atoms with van der Waals surface area (Å²) in [5.41, 5.74) is -0.0984. The number of hydrogen-bond donors (Lipinski definition) is 1. The Morgan fingerprint density at radius 1 is 1.27 bits per heavy atom. The molecule has 0 aliphatic carbocycles. The fourth-order valence-corrected chi connectivity index (χ4v) is 2.60. The second kappa shape index (κ2) is 7.95. The number of nitro groups is 1. The van der Waals surface area contributed by atoms with Gasteiger partial charge in [-0.1, -0.05) is 0 Å². The van der Waals surface area contributed by atoms with E-state index in [0.29, 0.717) is 18.8 Å². The van der Waals surface area contributed by atoms with E-state index in [1.165, 1.54) is 10.9 Å². The van der Waals surface area contributed by atoms with Gasteiger partial charge in [-0.2, -0.15) is 10.2 Å². The highest BCUT2D eigenvalue weighted by Crippen LogP contribution is 2.13. The standard InChI is InChI=1S/C15H15BrN6O4/c16-11-6-18-20(8-11)5-1-4-17-15(23)14-3-2-13(26-14)10-21-9-12(7-19-21)22(24)25/h2-3,6-9H,1,4-5,10H2,(H,17,23). The Morgan fingerprint density at radius 3 is 2.77 bits per heavy atom. The number of amides is 1. The summed E-state index contributed by atoms with van der Waals surface area (Å²) in [6.45, 7) is 1.38. The highest BCUT2D eigenvalue weighted by Gasteiger charge is 2.13. The van der Waals surface area contributed by atoms with E-state index >= 15 is 0 Å². The molecule has 3 rings (SSSR count). The Labute approximate surface area is 156 Å². The van der Waals surface area contributed by atoms with Crippen molar-refractivity contribution in [2.45, 2.75) is 19.5 Å². The molecule has 0 aromatic carbocycles. The Balaban J connectivity index is 1.47. The molecule has 26 heavy (non-hydrogen) atoms. The molecule has 0 saturated carbocycles. The summed E-state index contributed by atoms with van der Waals surface area (Å²) in [6, 6.07) is 3.21. The van der Waals surface area contributed by atoms with Crippen LogP contribution in [0.1, 0.15) is 22.7 Å². The summed E-state index contributed by atoms with van der Waals surface area (Å²) in [5.74, 6) is 0.349. The van der Waals surface area contributed by atoms with E-state index in [-0.39, 0.29) is 23.9 Å². The molecule has 3 aromatic heterocycles. The van der Waals surface area contributed by atoms with Crippen molar-refractivity contribution in [3.63, 3.8) is 0 Å². The van der Waals surface area contributed by atoms with E-state index in [1.54, 1.807) is 23.0 Å². The summed E-state index contributed by atoms with van der Waals surface area (Å²) in [5, 5.41) is 21.4. The molecule has 136 valence electrons.